The summed E-state index contributed by atoms with van der Waals surface area (Å²) in [7, 11) is 3.31. The molecule has 1 atom stereocenters. The molecule has 2 aromatic heterocycles. The number of aryl methyl sites for hydroxylation is 1. The molecule has 6 heteroatoms. The van der Waals surface area contributed by atoms with Crippen LogP contribution in [0, 0.1) is 0 Å². The number of benzene rings is 2. The Morgan fingerprint density at radius 2 is 1.94 bits per heavy atom. The lowest BCUT2D eigenvalue weighted by Crippen LogP contribution is -2.40. The summed E-state index contributed by atoms with van der Waals surface area (Å²) in [6, 6.07) is 16.5. The van der Waals surface area contributed by atoms with Crippen molar-refractivity contribution >= 4 is 28.1 Å². The van der Waals surface area contributed by atoms with Crippen molar-refractivity contribution in [1.29, 1.82) is 0 Å². The Hall–Kier alpha value is -3.25. The van der Waals surface area contributed by atoms with Gasteiger partial charge in [0.2, 0.25) is 5.91 Å². The lowest BCUT2D eigenvalue weighted by atomic mass is 9.90. The van der Waals surface area contributed by atoms with Gasteiger partial charge in [-0.15, -0.1) is 11.3 Å². The van der Waals surface area contributed by atoms with E-state index in [1.807, 2.05) is 12.1 Å². The molecule has 1 amide bonds. The van der Waals surface area contributed by atoms with Gasteiger partial charge < -0.3 is 19.4 Å². The zero-order valence-corrected chi connectivity index (χ0v) is 19.8. The van der Waals surface area contributed by atoms with E-state index >= 15 is 0 Å². The number of hydrogen-bond acceptors (Lipinski definition) is 4. The van der Waals surface area contributed by atoms with Crippen LogP contribution in [0.2, 0.25) is 0 Å². The standard InChI is InChI=1S/C27H28N2O3S/c1-31-23-15-18-12-13-29(27(25-10-6-14-33-25)21(18)16-24(23)32-2)26(30)11-5-7-19-17-28-22-9-4-3-8-20(19)22/h3-4,6,8-10,14-17,27-28H,5,7,11-13H2,1-2H3. The number of carbonyl (C=O) groups is 1. The van der Waals surface area contributed by atoms with E-state index in [-0.39, 0.29) is 11.9 Å². The molecule has 0 saturated heterocycles. The summed E-state index contributed by atoms with van der Waals surface area (Å²) in [5.41, 5.74) is 4.77. The second kappa shape index (κ2) is 9.32. The summed E-state index contributed by atoms with van der Waals surface area (Å²) in [5, 5.41) is 3.32. The van der Waals surface area contributed by atoms with Gasteiger partial charge in [-0.3, -0.25) is 4.79 Å². The first-order chi connectivity index (χ1) is 16.2. The fourth-order valence-electron chi connectivity index (χ4n) is 4.88. The largest absolute Gasteiger partial charge is 0.493 e. The summed E-state index contributed by atoms with van der Waals surface area (Å²) in [4.78, 5) is 20.0. The third-order valence-corrected chi connectivity index (χ3v) is 7.44. The maximum absolute atomic E-state index is 13.4. The van der Waals surface area contributed by atoms with Crippen LogP contribution in [0.4, 0.5) is 0 Å². The molecule has 3 heterocycles. The van der Waals surface area contributed by atoms with Gasteiger partial charge in [-0.1, -0.05) is 24.3 Å². The molecule has 1 aliphatic rings. The number of para-hydroxylation sites is 1. The van der Waals surface area contributed by atoms with Crippen LogP contribution in [0.3, 0.4) is 0 Å². The zero-order valence-electron chi connectivity index (χ0n) is 19.0. The van der Waals surface area contributed by atoms with Crippen LogP contribution in [-0.4, -0.2) is 36.6 Å². The van der Waals surface area contributed by atoms with Crippen LogP contribution >= 0.6 is 11.3 Å². The van der Waals surface area contributed by atoms with Crippen molar-refractivity contribution in [2.45, 2.75) is 31.7 Å². The third kappa shape index (κ3) is 4.11. The number of aromatic amines is 1. The maximum atomic E-state index is 13.4. The van der Waals surface area contributed by atoms with E-state index in [0.29, 0.717) is 18.7 Å². The van der Waals surface area contributed by atoms with Crippen LogP contribution in [-0.2, 0) is 17.6 Å². The molecular weight excluding hydrogens is 432 g/mol. The Morgan fingerprint density at radius 1 is 1.12 bits per heavy atom. The molecule has 0 bridgehead atoms. The van der Waals surface area contributed by atoms with Gasteiger partial charge in [0, 0.05) is 34.9 Å². The van der Waals surface area contributed by atoms with Gasteiger partial charge in [-0.2, -0.15) is 0 Å². The molecule has 5 rings (SSSR count). The minimum atomic E-state index is -0.0888. The normalized spacial score (nSPS) is 15.5. The molecular formula is C27H28N2O3S. The number of H-pyrrole nitrogens is 1. The highest BCUT2D eigenvalue weighted by Gasteiger charge is 2.33. The Labute approximate surface area is 198 Å². The van der Waals surface area contributed by atoms with Gasteiger partial charge in [0.1, 0.15) is 0 Å². The maximum Gasteiger partial charge on any atom is 0.223 e. The van der Waals surface area contributed by atoms with Gasteiger partial charge in [-0.05, 0) is 65.6 Å². The number of amides is 1. The average Bonchev–Trinajstić information content (AvgIpc) is 3.53. The van der Waals surface area contributed by atoms with Crippen molar-refractivity contribution < 1.29 is 14.3 Å². The van der Waals surface area contributed by atoms with Gasteiger partial charge >= 0.3 is 0 Å². The smallest absolute Gasteiger partial charge is 0.223 e. The monoisotopic (exact) mass is 460 g/mol. The third-order valence-electron chi connectivity index (χ3n) is 6.52. The molecule has 0 spiro atoms. The summed E-state index contributed by atoms with van der Waals surface area (Å²) in [5.74, 6) is 1.64. The second-order valence-electron chi connectivity index (χ2n) is 8.37. The number of methoxy groups -OCH3 is 2. The molecule has 2 aromatic carbocycles. The predicted octanol–water partition coefficient (Wildman–Crippen LogP) is 5.74. The van der Waals surface area contributed by atoms with E-state index < -0.39 is 0 Å². The molecule has 1 unspecified atom stereocenters. The van der Waals surface area contributed by atoms with Gasteiger partial charge in [-0.25, -0.2) is 0 Å². The first-order valence-corrected chi connectivity index (χ1v) is 12.2. The highest BCUT2D eigenvalue weighted by atomic mass is 32.1. The van der Waals surface area contributed by atoms with Crippen molar-refractivity contribution in [3.8, 4) is 11.5 Å². The summed E-state index contributed by atoms with van der Waals surface area (Å²) in [6.07, 6.45) is 5.12. The van der Waals surface area contributed by atoms with Gasteiger partial charge in [0.15, 0.2) is 11.5 Å². The van der Waals surface area contributed by atoms with E-state index in [2.05, 4.69) is 57.9 Å². The van der Waals surface area contributed by atoms with Crippen molar-refractivity contribution in [2.75, 3.05) is 20.8 Å². The molecule has 0 radical (unpaired) electrons. The van der Waals surface area contributed by atoms with Gasteiger partial charge in [0.25, 0.3) is 0 Å². The van der Waals surface area contributed by atoms with Crippen LogP contribution in [0.25, 0.3) is 10.9 Å². The number of aromatic nitrogens is 1. The number of hydrogen-bond donors (Lipinski definition) is 1. The Bertz CT molecular complexity index is 1260. The van der Waals surface area contributed by atoms with Crippen LogP contribution in [0.5, 0.6) is 11.5 Å². The van der Waals surface area contributed by atoms with E-state index in [0.717, 1.165) is 36.1 Å². The molecule has 33 heavy (non-hydrogen) atoms. The zero-order chi connectivity index (χ0) is 22.8. The predicted molar refractivity (Wildman–Crippen MR) is 132 cm³/mol. The highest BCUT2D eigenvalue weighted by Crippen LogP contribution is 2.42. The minimum absolute atomic E-state index is 0.0888. The molecule has 4 aromatic rings. The minimum Gasteiger partial charge on any atom is -0.493 e. The number of carbonyl (C=O) groups excluding carboxylic acids is 1. The fourth-order valence-corrected chi connectivity index (χ4v) is 5.73. The first-order valence-electron chi connectivity index (χ1n) is 11.3. The molecule has 0 saturated carbocycles. The average molecular weight is 461 g/mol. The van der Waals surface area contributed by atoms with Crippen molar-refractivity contribution in [1.82, 2.24) is 9.88 Å². The molecule has 0 aliphatic carbocycles. The summed E-state index contributed by atoms with van der Waals surface area (Å²) >= 11 is 1.69. The molecule has 1 N–H and O–H groups in total. The van der Waals surface area contributed by atoms with E-state index in [4.69, 9.17) is 9.47 Å². The van der Waals surface area contributed by atoms with Crippen LogP contribution in [0.1, 0.15) is 40.5 Å². The van der Waals surface area contributed by atoms with Crippen molar-refractivity contribution in [3.05, 3.63) is 81.7 Å². The topological polar surface area (TPSA) is 54.6 Å². The summed E-state index contributed by atoms with van der Waals surface area (Å²) in [6.45, 7) is 0.705. The number of rotatable bonds is 7. The number of nitrogens with one attached hydrogen (secondary N) is 1. The molecule has 1 aliphatic heterocycles. The van der Waals surface area contributed by atoms with Crippen molar-refractivity contribution in [3.63, 3.8) is 0 Å². The Kier molecular flexibility index (Phi) is 6.09. The lowest BCUT2D eigenvalue weighted by molar-refractivity contribution is -0.133. The van der Waals surface area contributed by atoms with Crippen molar-refractivity contribution in [2.24, 2.45) is 0 Å². The fraction of sp³-hybridized carbons (Fsp3) is 0.296. The Balaban J connectivity index is 1.37. The molecule has 170 valence electrons. The molecule has 5 nitrogen and oxygen atoms in total. The van der Waals surface area contributed by atoms with Crippen LogP contribution < -0.4 is 9.47 Å². The number of ether oxygens (including phenoxy) is 2. The van der Waals surface area contributed by atoms with E-state index in [1.54, 1.807) is 25.6 Å². The number of nitrogens with zero attached hydrogens (tertiary/aromatic N) is 1. The quantitative estimate of drug-likeness (QED) is 0.382. The Morgan fingerprint density at radius 3 is 2.73 bits per heavy atom. The first kappa shape index (κ1) is 21.6. The second-order valence-corrected chi connectivity index (χ2v) is 9.35. The van der Waals surface area contributed by atoms with Gasteiger partial charge in [0.05, 0.1) is 20.3 Å². The highest BCUT2D eigenvalue weighted by molar-refractivity contribution is 7.10. The number of thiophene rings is 1. The van der Waals surface area contributed by atoms with E-state index in [1.165, 1.54) is 21.4 Å². The SMILES string of the molecule is COc1cc2c(cc1OC)C(c1cccs1)N(C(=O)CCCc1c[nH]c3ccccc13)CC2. The molecule has 0 fully saturated rings. The number of fused-ring (bicyclic) bond motifs is 2. The summed E-state index contributed by atoms with van der Waals surface area (Å²) < 4.78 is 11.1. The van der Waals surface area contributed by atoms with Crippen LogP contribution in [0.15, 0.2) is 60.1 Å². The van der Waals surface area contributed by atoms with E-state index in [9.17, 15) is 4.79 Å². The lowest BCUT2D eigenvalue weighted by Gasteiger charge is -2.37.